The van der Waals surface area contributed by atoms with Crippen LogP contribution in [0.15, 0.2) is 72.1 Å². The molecule has 0 saturated carbocycles. The van der Waals surface area contributed by atoms with Gasteiger partial charge in [-0.25, -0.2) is 8.42 Å². The van der Waals surface area contributed by atoms with Crippen LogP contribution >= 0.6 is 11.8 Å². The molecule has 2 amide bonds. The van der Waals surface area contributed by atoms with Crippen molar-refractivity contribution < 1.29 is 32.3 Å². The quantitative estimate of drug-likeness (QED) is 0.339. The highest BCUT2D eigenvalue weighted by Crippen LogP contribution is 2.26. The molecule has 0 aliphatic carbocycles. The fourth-order valence-corrected chi connectivity index (χ4v) is 5.26. The van der Waals surface area contributed by atoms with E-state index < -0.39 is 27.3 Å². The lowest BCUT2D eigenvalue weighted by molar-refractivity contribution is -0.147. The highest BCUT2D eigenvalue weighted by atomic mass is 32.2. The summed E-state index contributed by atoms with van der Waals surface area (Å²) < 4.78 is 38.2. The summed E-state index contributed by atoms with van der Waals surface area (Å²) in [5, 5.41) is -0.428. The lowest BCUT2D eigenvalue weighted by Gasteiger charge is -2.27. The second-order valence-electron chi connectivity index (χ2n) is 7.23. The van der Waals surface area contributed by atoms with Crippen LogP contribution in [-0.4, -0.2) is 66.7 Å². The molecule has 1 aliphatic heterocycles. The summed E-state index contributed by atoms with van der Waals surface area (Å²) in [4.78, 5) is 37.4. The SMILES string of the molecule is C=CCOC(=O)C(CCN1C(=O)CSC1=O)N(C)S(=O)(=O)c1ccc(Oc2ccccc2)cc1. The van der Waals surface area contributed by atoms with Gasteiger partial charge in [0, 0.05) is 13.6 Å². The highest BCUT2D eigenvalue weighted by molar-refractivity contribution is 8.14. The molecule has 1 atom stereocenters. The van der Waals surface area contributed by atoms with Crippen LogP contribution in [0.25, 0.3) is 0 Å². The number of rotatable bonds is 11. The number of hydrogen-bond acceptors (Lipinski definition) is 8. The van der Waals surface area contributed by atoms with E-state index in [0.717, 1.165) is 21.0 Å². The Balaban J connectivity index is 1.78. The number of carbonyl (C=O) groups excluding carboxylic acids is 3. The molecule has 11 heteroatoms. The maximum absolute atomic E-state index is 13.3. The second kappa shape index (κ2) is 11.3. The van der Waals surface area contributed by atoms with E-state index >= 15 is 0 Å². The molecule has 34 heavy (non-hydrogen) atoms. The van der Waals surface area contributed by atoms with E-state index in [1.54, 1.807) is 12.1 Å². The third-order valence-corrected chi connectivity index (χ3v) is 7.74. The maximum atomic E-state index is 13.3. The molecule has 2 aromatic rings. The van der Waals surface area contributed by atoms with Crippen molar-refractivity contribution in [3.05, 3.63) is 67.3 Å². The van der Waals surface area contributed by atoms with Crippen molar-refractivity contribution in [3.8, 4) is 11.5 Å². The number of ether oxygens (including phenoxy) is 2. The summed E-state index contributed by atoms with van der Waals surface area (Å²) in [5.74, 6) is -0.118. The van der Waals surface area contributed by atoms with Crippen molar-refractivity contribution in [2.45, 2.75) is 17.4 Å². The summed E-state index contributed by atoms with van der Waals surface area (Å²) in [6.45, 7) is 3.27. The van der Waals surface area contributed by atoms with Crippen LogP contribution in [0, 0.1) is 0 Å². The molecule has 0 bridgehead atoms. The zero-order valence-electron chi connectivity index (χ0n) is 18.5. The number of esters is 1. The normalized spacial score (nSPS) is 14.8. The van der Waals surface area contributed by atoms with Crippen molar-refractivity contribution in [1.29, 1.82) is 0 Å². The summed E-state index contributed by atoms with van der Waals surface area (Å²) in [6.07, 6.45) is 1.25. The highest BCUT2D eigenvalue weighted by Gasteiger charge is 2.37. The van der Waals surface area contributed by atoms with Crippen molar-refractivity contribution in [2.75, 3.05) is 26.0 Å². The van der Waals surface area contributed by atoms with Gasteiger partial charge in [-0.2, -0.15) is 4.31 Å². The third-order valence-electron chi connectivity index (χ3n) is 5.00. The number of likely N-dealkylation sites (N-methyl/N-ethyl adjacent to an activating group) is 1. The van der Waals surface area contributed by atoms with E-state index in [1.807, 2.05) is 18.2 Å². The molecule has 2 aromatic carbocycles. The van der Waals surface area contributed by atoms with Gasteiger partial charge >= 0.3 is 5.97 Å². The standard InChI is InChI=1S/C23H24N2O7S2/c1-3-15-31-22(27)20(13-14-25-21(26)16-33-23(25)28)24(2)34(29,30)19-11-9-18(10-12-19)32-17-7-5-4-6-8-17/h3-12,20H,1,13-16H2,2H3. The number of para-hydroxylation sites is 1. The molecule has 0 radical (unpaired) electrons. The van der Waals surface area contributed by atoms with Gasteiger partial charge in [-0.05, 0) is 42.8 Å². The van der Waals surface area contributed by atoms with Crippen LogP contribution in [0.2, 0.25) is 0 Å². The number of hydrogen-bond donors (Lipinski definition) is 0. The number of sulfonamides is 1. The van der Waals surface area contributed by atoms with Gasteiger partial charge in [-0.1, -0.05) is 42.6 Å². The first-order chi connectivity index (χ1) is 16.2. The summed E-state index contributed by atoms with van der Waals surface area (Å²) in [5.41, 5.74) is 0. The lowest BCUT2D eigenvalue weighted by atomic mass is 10.2. The molecule has 0 spiro atoms. The molecular weight excluding hydrogens is 480 g/mol. The van der Waals surface area contributed by atoms with Crippen molar-refractivity contribution in [1.82, 2.24) is 9.21 Å². The molecule has 0 N–H and O–H groups in total. The van der Waals surface area contributed by atoms with E-state index in [0.29, 0.717) is 11.5 Å². The zero-order chi connectivity index (χ0) is 24.7. The average Bonchev–Trinajstić information content (AvgIpc) is 3.15. The molecule has 1 unspecified atom stereocenters. The minimum atomic E-state index is -4.11. The molecule has 180 valence electrons. The number of benzene rings is 2. The van der Waals surface area contributed by atoms with E-state index in [1.165, 1.54) is 37.4 Å². The topological polar surface area (TPSA) is 110 Å². The molecular formula is C23H24N2O7S2. The molecule has 1 heterocycles. The minimum absolute atomic E-state index is 0.0238. The Hall–Kier alpha value is -3.15. The van der Waals surface area contributed by atoms with Crippen LogP contribution in [0.3, 0.4) is 0 Å². The minimum Gasteiger partial charge on any atom is -0.460 e. The fourth-order valence-electron chi connectivity index (χ4n) is 3.17. The number of carbonyl (C=O) groups is 3. The van der Waals surface area contributed by atoms with Gasteiger partial charge in [0.1, 0.15) is 24.1 Å². The maximum Gasteiger partial charge on any atom is 0.324 e. The van der Waals surface area contributed by atoms with E-state index in [2.05, 4.69) is 6.58 Å². The van der Waals surface area contributed by atoms with Crippen molar-refractivity contribution in [2.24, 2.45) is 0 Å². The van der Waals surface area contributed by atoms with Gasteiger partial charge in [-0.3, -0.25) is 19.3 Å². The Labute approximate surface area is 202 Å². The third kappa shape index (κ3) is 6.04. The van der Waals surface area contributed by atoms with Crippen molar-refractivity contribution >= 4 is 38.9 Å². The molecule has 1 saturated heterocycles. The molecule has 0 aromatic heterocycles. The van der Waals surface area contributed by atoms with Crippen LogP contribution in [0.5, 0.6) is 11.5 Å². The Morgan fingerprint density at radius 1 is 1.15 bits per heavy atom. The van der Waals surface area contributed by atoms with Crippen LogP contribution in [-0.2, 0) is 24.3 Å². The van der Waals surface area contributed by atoms with Gasteiger partial charge in [0.25, 0.3) is 5.24 Å². The van der Waals surface area contributed by atoms with Crippen LogP contribution in [0.1, 0.15) is 6.42 Å². The number of thioether (sulfide) groups is 1. The van der Waals surface area contributed by atoms with Crippen molar-refractivity contribution in [3.63, 3.8) is 0 Å². The van der Waals surface area contributed by atoms with E-state index in [4.69, 9.17) is 9.47 Å². The van der Waals surface area contributed by atoms with E-state index in [9.17, 15) is 22.8 Å². The number of imide groups is 1. The number of amides is 2. The predicted octanol–water partition coefficient (Wildman–Crippen LogP) is 3.28. The van der Waals surface area contributed by atoms with Gasteiger partial charge < -0.3 is 9.47 Å². The monoisotopic (exact) mass is 504 g/mol. The molecule has 1 aliphatic rings. The summed E-state index contributed by atoms with van der Waals surface area (Å²) in [7, 11) is -2.86. The summed E-state index contributed by atoms with van der Waals surface area (Å²) in [6, 6.07) is 13.5. The zero-order valence-corrected chi connectivity index (χ0v) is 20.1. The first-order valence-corrected chi connectivity index (χ1v) is 12.7. The smallest absolute Gasteiger partial charge is 0.324 e. The Kier molecular flexibility index (Phi) is 8.48. The second-order valence-corrected chi connectivity index (χ2v) is 10.2. The molecule has 3 rings (SSSR count). The Morgan fingerprint density at radius 2 is 1.79 bits per heavy atom. The Bertz CT molecular complexity index is 1140. The Morgan fingerprint density at radius 3 is 2.38 bits per heavy atom. The first-order valence-electron chi connectivity index (χ1n) is 10.3. The van der Waals surface area contributed by atoms with Crippen LogP contribution in [0.4, 0.5) is 4.79 Å². The fraction of sp³-hybridized carbons (Fsp3) is 0.261. The molecule has 1 fully saturated rings. The molecule has 9 nitrogen and oxygen atoms in total. The average molecular weight is 505 g/mol. The van der Waals surface area contributed by atoms with Crippen LogP contribution < -0.4 is 4.74 Å². The summed E-state index contributed by atoms with van der Waals surface area (Å²) >= 11 is 0.864. The largest absolute Gasteiger partial charge is 0.460 e. The van der Waals surface area contributed by atoms with Gasteiger partial charge in [0.2, 0.25) is 15.9 Å². The van der Waals surface area contributed by atoms with E-state index in [-0.39, 0.29) is 36.1 Å². The lowest BCUT2D eigenvalue weighted by Crippen LogP contribution is -2.45. The number of nitrogens with zero attached hydrogens (tertiary/aromatic N) is 2. The van der Waals surface area contributed by atoms with Gasteiger partial charge in [0.05, 0.1) is 10.6 Å². The first kappa shape index (κ1) is 25.5. The van der Waals surface area contributed by atoms with Gasteiger partial charge in [-0.15, -0.1) is 0 Å². The van der Waals surface area contributed by atoms with Gasteiger partial charge in [0.15, 0.2) is 0 Å². The predicted molar refractivity (Wildman–Crippen MR) is 127 cm³/mol.